The molecule has 4 unspecified atom stereocenters. The van der Waals surface area contributed by atoms with Crippen LogP contribution in [0.3, 0.4) is 0 Å². The van der Waals surface area contributed by atoms with Gasteiger partial charge in [-0.2, -0.15) is 0 Å². The normalized spacial score (nSPS) is 34.9. The molecule has 4 atom stereocenters. The molecule has 19 heavy (non-hydrogen) atoms. The minimum Gasteiger partial charge on any atom is -0.380 e. The van der Waals surface area contributed by atoms with E-state index >= 15 is 0 Å². The van der Waals surface area contributed by atoms with Crippen molar-refractivity contribution in [3.05, 3.63) is 0 Å². The molecule has 114 valence electrons. The molecule has 0 aromatic heterocycles. The van der Waals surface area contributed by atoms with E-state index < -0.39 is 0 Å². The third kappa shape index (κ3) is 5.07. The molecule has 1 fully saturated rings. The molecule has 1 aliphatic rings. The Bertz CT molecular complexity index is 217. The third-order valence-corrected chi connectivity index (χ3v) is 5.50. The Labute approximate surface area is 120 Å². The van der Waals surface area contributed by atoms with Crippen LogP contribution < -0.4 is 5.32 Å². The maximum absolute atomic E-state index is 5.46. The van der Waals surface area contributed by atoms with Gasteiger partial charge < -0.3 is 10.1 Å². The van der Waals surface area contributed by atoms with Crippen molar-refractivity contribution >= 4 is 0 Å². The van der Waals surface area contributed by atoms with Crippen molar-refractivity contribution in [2.24, 2.45) is 29.6 Å². The first-order chi connectivity index (χ1) is 9.09. The van der Waals surface area contributed by atoms with Gasteiger partial charge in [0.1, 0.15) is 0 Å². The van der Waals surface area contributed by atoms with Gasteiger partial charge in [0.15, 0.2) is 0 Å². The van der Waals surface area contributed by atoms with Crippen LogP contribution in [0.5, 0.6) is 0 Å². The number of ether oxygens (including phenoxy) is 1. The van der Waals surface area contributed by atoms with Crippen molar-refractivity contribution < 1.29 is 4.74 Å². The molecule has 2 nitrogen and oxygen atoms in total. The highest BCUT2D eigenvalue weighted by Crippen LogP contribution is 2.47. The zero-order valence-corrected chi connectivity index (χ0v) is 13.7. The quantitative estimate of drug-likeness (QED) is 0.640. The Morgan fingerprint density at radius 1 is 0.842 bits per heavy atom. The molecule has 0 spiro atoms. The first kappa shape index (κ1) is 17.0. The molecule has 0 bridgehead atoms. The van der Waals surface area contributed by atoms with Crippen molar-refractivity contribution in [1.29, 1.82) is 0 Å². The van der Waals surface area contributed by atoms with Crippen molar-refractivity contribution in [3.63, 3.8) is 0 Å². The third-order valence-electron chi connectivity index (χ3n) is 5.50. The van der Waals surface area contributed by atoms with Gasteiger partial charge in [0, 0.05) is 13.2 Å². The molecule has 0 amide bonds. The van der Waals surface area contributed by atoms with Gasteiger partial charge >= 0.3 is 0 Å². The molecular weight excluding hydrogens is 234 g/mol. The number of rotatable bonds is 9. The Morgan fingerprint density at radius 2 is 1.47 bits per heavy atom. The van der Waals surface area contributed by atoms with Crippen molar-refractivity contribution in [1.82, 2.24) is 5.32 Å². The highest BCUT2D eigenvalue weighted by molar-refractivity contribution is 4.89. The molecule has 1 saturated carbocycles. The number of hydrogen-bond donors (Lipinski definition) is 1. The lowest BCUT2D eigenvalue weighted by molar-refractivity contribution is 0.136. The summed E-state index contributed by atoms with van der Waals surface area (Å²) >= 11 is 0. The predicted molar refractivity (Wildman–Crippen MR) is 83.4 cm³/mol. The molecule has 1 rings (SSSR count). The van der Waals surface area contributed by atoms with E-state index in [1.165, 1.54) is 12.8 Å². The van der Waals surface area contributed by atoms with Crippen LogP contribution in [0.1, 0.15) is 53.9 Å². The van der Waals surface area contributed by atoms with Crippen LogP contribution in [0, 0.1) is 29.6 Å². The lowest BCUT2D eigenvalue weighted by Gasteiger charge is -2.21. The summed E-state index contributed by atoms with van der Waals surface area (Å²) in [4.78, 5) is 0. The predicted octanol–water partition coefficient (Wildman–Crippen LogP) is 3.96. The van der Waals surface area contributed by atoms with Gasteiger partial charge in [-0.25, -0.2) is 0 Å². The van der Waals surface area contributed by atoms with Gasteiger partial charge in [0.2, 0.25) is 0 Å². The SMILES string of the molecule is CCCOCCNCCCC1C(C)C(C)C(C)C1C. The van der Waals surface area contributed by atoms with Gasteiger partial charge in [-0.15, -0.1) is 0 Å². The fraction of sp³-hybridized carbons (Fsp3) is 1.00. The van der Waals surface area contributed by atoms with E-state index in [4.69, 9.17) is 4.74 Å². The molecule has 0 saturated heterocycles. The smallest absolute Gasteiger partial charge is 0.0590 e. The minimum atomic E-state index is 0.859. The van der Waals surface area contributed by atoms with E-state index in [2.05, 4.69) is 39.9 Å². The first-order valence-corrected chi connectivity index (χ1v) is 8.38. The topological polar surface area (TPSA) is 21.3 Å². The van der Waals surface area contributed by atoms with Gasteiger partial charge in [0.05, 0.1) is 6.61 Å². The highest BCUT2D eigenvalue weighted by Gasteiger charge is 2.40. The molecular formula is C17H35NO. The van der Waals surface area contributed by atoms with Crippen LogP contribution in [0.4, 0.5) is 0 Å². The van der Waals surface area contributed by atoms with Crippen molar-refractivity contribution in [2.45, 2.75) is 53.9 Å². The van der Waals surface area contributed by atoms with Crippen LogP contribution >= 0.6 is 0 Å². The average Bonchev–Trinajstić information content (AvgIpc) is 2.59. The fourth-order valence-electron chi connectivity index (χ4n) is 3.72. The summed E-state index contributed by atoms with van der Waals surface area (Å²) in [5.74, 6) is 4.53. The minimum absolute atomic E-state index is 0.859. The lowest BCUT2D eigenvalue weighted by atomic mass is 9.85. The Kier molecular flexibility index (Phi) is 8.01. The summed E-state index contributed by atoms with van der Waals surface area (Å²) in [5.41, 5.74) is 0. The number of hydrogen-bond acceptors (Lipinski definition) is 2. The van der Waals surface area contributed by atoms with E-state index in [1.807, 2.05) is 0 Å². The van der Waals surface area contributed by atoms with E-state index in [0.29, 0.717) is 0 Å². The number of nitrogens with one attached hydrogen (secondary N) is 1. The Morgan fingerprint density at radius 3 is 2.05 bits per heavy atom. The maximum atomic E-state index is 5.46. The summed E-state index contributed by atoms with van der Waals surface area (Å²) < 4.78 is 5.46. The maximum Gasteiger partial charge on any atom is 0.0590 e. The average molecular weight is 269 g/mol. The molecule has 0 radical (unpaired) electrons. The van der Waals surface area contributed by atoms with E-state index in [9.17, 15) is 0 Å². The van der Waals surface area contributed by atoms with Crippen LogP contribution in [-0.4, -0.2) is 26.3 Å². The monoisotopic (exact) mass is 269 g/mol. The highest BCUT2D eigenvalue weighted by atomic mass is 16.5. The van der Waals surface area contributed by atoms with Crippen LogP contribution in [-0.2, 0) is 4.74 Å². The fourth-order valence-corrected chi connectivity index (χ4v) is 3.72. The van der Waals surface area contributed by atoms with E-state index in [-0.39, 0.29) is 0 Å². The second kappa shape index (κ2) is 8.97. The van der Waals surface area contributed by atoms with Crippen molar-refractivity contribution in [2.75, 3.05) is 26.3 Å². The van der Waals surface area contributed by atoms with Crippen LogP contribution in [0.25, 0.3) is 0 Å². The summed E-state index contributed by atoms with van der Waals surface area (Å²) in [6.45, 7) is 15.9. The summed E-state index contributed by atoms with van der Waals surface area (Å²) in [6, 6.07) is 0. The lowest BCUT2D eigenvalue weighted by Crippen LogP contribution is -2.22. The Balaban J connectivity index is 2.06. The molecule has 0 aliphatic heterocycles. The van der Waals surface area contributed by atoms with Crippen LogP contribution in [0.2, 0.25) is 0 Å². The van der Waals surface area contributed by atoms with Gasteiger partial charge in [-0.05, 0) is 55.4 Å². The van der Waals surface area contributed by atoms with Crippen LogP contribution in [0.15, 0.2) is 0 Å². The van der Waals surface area contributed by atoms with Gasteiger partial charge in [-0.3, -0.25) is 0 Å². The largest absolute Gasteiger partial charge is 0.380 e. The molecule has 0 aromatic carbocycles. The zero-order chi connectivity index (χ0) is 14.3. The Hall–Kier alpha value is -0.0800. The van der Waals surface area contributed by atoms with Gasteiger partial charge in [0.25, 0.3) is 0 Å². The second-order valence-corrected chi connectivity index (χ2v) is 6.60. The first-order valence-electron chi connectivity index (χ1n) is 8.38. The molecule has 1 N–H and O–H groups in total. The molecule has 2 heteroatoms. The molecule has 0 heterocycles. The molecule has 0 aromatic rings. The summed E-state index contributed by atoms with van der Waals surface area (Å²) in [7, 11) is 0. The molecule has 1 aliphatic carbocycles. The van der Waals surface area contributed by atoms with Crippen molar-refractivity contribution in [3.8, 4) is 0 Å². The van der Waals surface area contributed by atoms with E-state index in [0.717, 1.165) is 62.3 Å². The zero-order valence-electron chi connectivity index (χ0n) is 13.7. The standard InChI is InChI=1S/C17H35NO/c1-6-11-19-12-10-18-9-7-8-17-15(4)13(2)14(3)16(17)5/h13-18H,6-12H2,1-5H3. The summed E-state index contributed by atoms with van der Waals surface area (Å²) in [5, 5.41) is 3.50. The summed E-state index contributed by atoms with van der Waals surface area (Å²) in [6.07, 6.45) is 3.82. The second-order valence-electron chi connectivity index (χ2n) is 6.60. The van der Waals surface area contributed by atoms with E-state index in [1.54, 1.807) is 0 Å². The van der Waals surface area contributed by atoms with Gasteiger partial charge in [-0.1, -0.05) is 34.6 Å².